The second kappa shape index (κ2) is 10.4. The van der Waals surface area contributed by atoms with Gasteiger partial charge >= 0.3 is 0 Å². The maximum atomic E-state index is 15.2. The van der Waals surface area contributed by atoms with E-state index in [1.54, 1.807) is 55.6 Å². The molecule has 1 N–H and O–H groups in total. The SMILES string of the molecule is COCCCNc1nc(F)c(-c2nn(Cc3ccc(C#N)cc3)c(=O)c3ccccc23)cc1Cl. The lowest BCUT2D eigenvalue weighted by molar-refractivity contribution is 0.197. The molecule has 2 heterocycles. The molecule has 0 saturated carbocycles. The zero-order valence-electron chi connectivity index (χ0n) is 18.4. The van der Waals surface area contributed by atoms with E-state index in [2.05, 4.69) is 21.5 Å². The molecule has 34 heavy (non-hydrogen) atoms. The van der Waals surface area contributed by atoms with Crippen LogP contribution in [0.4, 0.5) is 10.2 Å². The van der Waals surface area contributed by atoms with Crippen LogP contribution in [0.25, 0.3) is 22.0 Å². The molecule has 0 saturated heterocycles. The molecule has 0 bridgehead atoms. The van der Waals surface area contributed by atoms with E-state index < -0.39 is 5.95 Å². The highest BCUT2D eigenvalue weighted by Gasteiger charge is 2.18. The summed E-state index contributed by atoms with van der Waals surface area (Å²) in [6.07, 6.45) is 0.713. The van der Waals surface area contributed by atoms with E-state index in [0.29, 0.717) is 35.9 Å². The lowest BCUT2D eigenvalue weighted by Crippen LogP contribution is -2.24. The van der Waals surface area contributed by atoms with Crippen molar-refractivity contribution in [2.45, 2.75) is 13.0 Å². The van der Waals surface area contributed by atoms with Gasteiger partial charge in [-0.15, -0.1) is 0 Å². The Hall–Kier alpha value is -3.80. The van der Waals surface area contributed by atoms with Gasteiger partial charge in [-0.05, 0) is 36.2 Å². The molecule has 2 aromatic carbocycles. The van der Waals surface area contributed by atoms with E-state index in [9.17, 15) is 4.79 Å². The van der Waals surface area contributed by atoms with E-state index in [0.717, 1.165) is 5.56 Å². The lowest BCUT2D eigenvalue weighted by Gasteiger charge is -2.13. The molecule has 0 atom stereocenters. The van der Waals surface area contributed by atoms with Crippen LogP contribution in [0.15, 0.2) is 59.4 Å². The minimum absolute atomic E-state index is 0.0946. The van der Waals surface area contributed by atoms with Crippen LogP contribution in [0.5, 0.6) is 0 Å². The first kappa shape index (κ1) is 23.4. The number of rotatable bonds is 8. The van der Waals surface area contributed by atoms with Crippen molar-refractivity contribution in [2.75, 3.05) is 25.6 Å². The molecule has 9 heteroatoms. The molecule has 0 aliphatic rings. The van der Waals surface area contributed by atoms with Crippen molar-refractivity contribution in [2.24, 2.45) is 0 Å². The Kier molecular flexibility index (Phi) is 7.16. The number of nitriles is 1. The van der Waals surface area contributed by atoms with Gasteiger partial charge in [-0.2, -0.15) is 14.8 Å². The first-order chi connectivity index (χ1) is 16.5. The van der Waals surface area contributed by atoms with Gasteiger partial charge in [0.2, 0.25) is 5.95 Å². The highest BCUT2D eigenvalue weighted by atomic mass is 35.5. The topological polar surface area (TPSA) is 92.8 Å². The minimum atomic E-state index is -0.750. The van der Waals surface area contributed by atoms with Gasteiger partial charge in [0, 0.05) is 25.6 Å². The summed E-state index contributed by atoms with van der Waals surface area (Å²) < 4.78 is 21.5. The van der Waals surface area contributed by atoms with Crippen LogP contribution in [0.1, 0.15) is 17.5 Å². The van der Waals surface area contributed by atoms with Crippen LogP contribution in [0.3, 0.4) is 0 Å². The van der Waals surface area contributed by atoms with E-state index in [1.165, 1.54) is 10.7 Å². The summed E-state index contributed by atoms with van der Waals surface area (Å²) >= 11 is 6.40. The predicted molar refractivity (Wildman–Crippen MR) is 129 cm³/mol. The molecule has 4 aromatic rings. The summed E-state index contributed by atoms with van der Waals surface area (Å²) in [5.41, 5.74) is 1.35. The van der Waals surface area contributed by atoms with Gasteiger partial charge in [-0.3, -0.25) is 4.79 Å². The molecule has 0 aliphatic heterocycles. The predicted octanol–water partition coefficient (Wildman–Crippen LogP) is 4.62. The minimum Gasteiger partial charge on any atom is -0.385 e. The van der Waals surface area contributed by atoms with Crippen molar-refractivity contribution in [3.63, 3.8) is 0 Å². The summed E-state index contributed by atoms with van der Waals surface area (Å²) in [7, 11) is 1.61. The third kappa shape index (κ3) is 4.91. The zero-order chi connectivity index (χ0) is 24.1. The van der Waals surface area contributed by atoms with E-state index in [4.69, 9.17) is 21.6 Å². The molecule has 172 valence electrons. The van der Waals surface area contributed by atoms with Gasteiger partial charge in [0.1, 0.15) is 11.5 Å². The Bertz CT molecular complexity index is 1430. The molecular weight excluding hydrogens is 457 g/mol. The highest BCUT2D eigenvalue weighted by Crippen LogP contribution is 2.31. The number of nitrogens with zero attached hydrogens (tertiary/aromatic N) is 4. The van der Waals surface area contributed by atoms with Gasteiger partial charge in [0.15, 0.2) is 0 Å². The van der Waals surface area contributed by atoms with Crippen LogP contribution >= 0.6 is 11.6 Å². The number of methoxy groups -OCH3 is 1. The molecule has 0 fully saturated rings. The molecule has 0 spiro atoms. The van der Waals surface area contributed by atoms with E-state index in [1.807, 2.05) is 0 Å². The molecule has 0 unspecified atom stereocenters. The van der Waals surface area contributed by atoms with Crippen molar-refractivity contribution in [3.8, 4) is 17.3 Å². The van der Waals surface area contributed by atoms with Gasteiger partial charge in [0.25, 0.3) is 5.56 Å². The van der Waals surface area contributed by atoms with Gasteiger partial charge in [-0.1, -0.05) is 41.9 Å². The Labute approximate surface area is 200 Å². The Morgan fingerprint density at radius 2 is 1.91 bits per heavy atom. The second-order valence-corrected chi connectivity index (χ2v) is 8.00. The van der Waals surface area contributed by atoms with Gasteiger partial charge < -0.3 is 10.1 Å². The van der Waals surface area contributed by atoms with Crippen molar-refractivity contribution in [1.29, 1.82) is 5.26 Å². The maximum absolute atomic E-state index is 15.2. The average molecular weight is 478 g/mol. The number of benzene rings is 2. The fraction of sp³-hybridized carbons (Fsp3) is 0.200. The maximum Gasteiger partial charge on any atom is 0.274 e. The summed E-state index contributed by atoms with van der Waals surface area (Å²) in [5, 5.41) is 17.6. The van der Waals surface area contributed by atoms with Crippen LogP contribution in [0, 0.1) is 17.3 Å². The molecule has 4 rings (SSSR count). The third-order valence-electron chi connectivity index (χ3n) is 5.29. The summed E-state index contributed by atoms with van der Waals surface area (Å²) in [6.45, 7) is 1.24. The number of hydrogen-bond donors (Lipinski definition) is 1. The first-order valence-electron chi connectivity index (χ1n) is 10.6. The summed E-state index contributed by atoms with van der Waals surface area (Å²) in [4.78, 5) is 17.1. The third-order valence-corrected chi connectivity index (χ3v) is 5.57. The Morgan fingerprint density at radius 1 is 1.18 bits per heavy atom. The Balaban J connectivity index is 1.77. The van der Waals surface area contributed by atoms with Crippen LogP contribution in [-0.4, -0.2) is 35.0 Å². The van der Waals surface area contributed by atoms with E-state index in [-0.39, 0.29) is 34.2 Å². The molecule has 0 amide bonds. The number of hydrogen-bond acceptors (Lipinski definition) is 6. The number of aromatic nitrogens is 3. The van der Waals surface area contributed by atoms with Gasteiger partial charge in [-0.25, -0.2) is 9.67 Å². The number of ether oxygens (including phenoxy) is 1. The first-order valence-corrected chi connectivity index (χ1v) is 11.0. The summed E-state index contributed by atoms with van der Waals surface area (Å²) in [6, 6.07) is 17.3. The van der Waals surface area contributed by atoms with Crippen molar-refractivity contribution < 1.29 is 9.13 Å². The summed E-state index contributed by atoms with van der Waals surface area (Å²) in [5.74, 6) is -0.519. The quantitative estimate of drug-likeness (QED) is 0.294. The average Bonchev–Trinajstić information content (AvgIpc) is 2.86. The fourth-order valence-electron chi connectivity index (χ4n) is 3.58. The smallest absolute Gasteiger partial charge is 0.274 e. The fourth-order valence-corrected chi connectivity index (χ4v) is 3.80. The van der Waals surface area contributed by atoms with Crippen LogP contribution in [0.2, 0.25) is 5.02 Å². The van der Waals surface area contributed by atoms with Gasteiger partial charge in [0.05, 0.1) is 34.1 Å². The number of pyridine rings is 1. The number of halogens is 2. The zero-order valence-corrected chi connectivity index (χ0v) is 19.1. The second-order valence-electron chi connectivity index (χ2n) is 7.60. The van der Waals surface area contributed by atoms with Crippen LogP contribution in [-0.2, 0) is 11.3 Å². The standard InChI is InChI=1S/C25H21ClFN5O2/c1-34-12-4-11-29-24-21(26)13-20(23(27)30-24)22-18-5-2-3-6-19(18)25(33)32(31-22)15-17-9-7-16(14-28)8-10-17/h2-3,5-10,13H,4,11-12,15H2,1H3,(H,29,30). The van der Waals surface area contributed by atoms with Crippen molar-refractivity contribution >= 4 is 28.2 Å². The lowest BCUT2D eigenvalue weighted by atomic mass is 10.1. The molecule has 0 aliphatic carbocycles. The van der Waals surface area contributed by atoms with E-state index >= 15 is 4.39 Å². The molecule has 7 nitrogen and oxygen atoms in total. The largest absolute Gasteiger partial charge is 0.385 e. The number of nitrogens with one attached hydrogen (secondary N) is 1. The monoisotopic (exact) mass is 477 g/mol. The highest BCUT2D eigenvalue weighted by molar-refractivity contribution is 6.33. The molecular formula is C25H21ClFN5O2. The Morgan fingerprint density at radius 3 is 2.62 bits per heavy atom. The van der Waals surface area contributed by atoms with Crippen molar-refractivity contribution in [1.82, 2.24) is 14.8 Å². The molecule has 0 radical (unpaired) electrons. The normalized spacial score (nSPS) is 10.9. The van der Waals surface area contributed by atoms with Crippen molar-refractivity contribution in [3.05, 3.63) is 87.0 Å². The molecule has 2 aromatic heterocycles. The number of anilines is 1. The van der Waals surface area contributed by atoms with Crippen LogP contribution < -0.4 is 10.9 Å². The number of fused-ring (bicyclic) bond motifs is 1.